The van der Waals surface area contributed by atoms with Crippen LogP contribution in [0.3, 0.4) is 0 Å². The number of Topliss-reactive ketones (excluding diaryl/α,β-unsaturated/α-hetero) is 3. The highest BCUT2D eigenvalue weighted by atomic mass is 79.9. The first-order valence-electron chi connectivity index (χ1n) is 33.0. The van der Waals surface area contributed by atoms with Crippen LogP contribution in [0.15, 0.2) is 47.3 Å². The molecule has 25 heteroatoms. The number of ketones is 3. The number of carbonyl (C=O) groups excluding carboxylic acids is 9. The molecule has 0 unspecified atom stereocenters. The van der Waals surface area contributed by atoms with Gasteiger partial charge in [-0.3, -0.25) is 43.0 Å². The van der Waals surface area contributed by atoms with E-state index in [9.17, 15) is 43.2 Å². The molecule has 3 aromatic heterocycles. The summed E-state index contributed by atoms with van der Waals surface area (Å²) < 4.78 is 33.6. The highest BCUT2D eigenvalue weighted by Crippen LogP contribution is 2.59. The zero-order chi connectivity index (χ0) is 67.0. The number of likely N-dealkylation sites (tertiary alicyclic amines) is 1. The largest absolute Gasteiger partial charge is 0.469 e. The molecule has 24 nitrogen and oxygen atoms in total. The third kappa shape index (κ3) is 26.1. The van der Waals surface area contributed by atoms with Crippen LogP contribution in [0.25, 0.3) is 22.0 Å². The first kappa shape index (κ1) is 75.1. The molecule has 93 heavy (non-hydrogen) atoms. The summed E-state index contributed by atoms with van der Waals surface area (Å²) in [6.07, 6.45) is 22.6. The van der Waals surface area contributed by atoms with E-state index in [0.717, 1.165) is 56.1 Å². The van der Waals surface area contributed by atoms with Crippen LogP contribution in [0.4, 0.5) is 5.82 Å². The zero-order valence-corrected chi connectivity index (χ0v) is 56.6. The number of amides is 4. The smallest absolute Gasteiger partial charge is 0.328 e. The van der Waals surface area contributed by atoms with Crippen molar-refractivity contribution in [2.45, 2.75) is 200 Å². The summed E-state index contributed by atoms with van der Waals surface area (Å²) in [7, 11) is 2.69. The third-order valence-corrected chi connectivity index (χ3v) is 17.4. The Bertz CT molecular complexity index is 3110. The van der Waals surface area contributed by atoms with Crippen LogP contribution in [0, 0.1) is 12.3 Å². The number of methoxy groups -OCH3 is 2. The summed E-state index contributed by atoms with van der Waals surface area (Å²) in [5.74, 6) is -1.37. The zero-order valence-electron chi connectivity index (χ0n) is 55.0. The van der Waals surface area contributed by atoms with Gasteiger partial charge in [0.2, 0.25) is 23.6 Å². The van der Waals surface area contributed by atoms with Crippen molar-refractivity contribution in [2.75, 3.05) is 78.9 Å². The molecular weight excluding hydrogens is 1260 g/mol. The Morgan fingerprint density at radius 2 is 1.30 bits per heavy atom. The van der Waals surface area contributed by atoms with Gasteiger partial charge in [0, 0.05) is 88.0 Å². The lowest BCUT2D eigenvalue weighted by Crippen LogP contribution is -2.47. The maximum Gasteiger partial charge on any atom is 0.328 e. The number of rotatable bonds is 48. The van der Waals surface area contributed by atoms with Gasteiger partial charge in [-0.1, -0.05) is 96.1 Å². The number of halogens is 1. The van der Waals surface area contributed by atoms with Crippen LogP contribution < -0.4 is 16.0 Å². The molecule has 0 radical (unpaired) electrons. The second-order valence-electron chi connectivity index (χ2n) is 24.4. The van der Waals surface area contributed by atoms with Gasteiger partial charge in [0.25, 0.3) is 0 Å². The van der Waals surface area contributed by atoms with Crippen molar-refractivity contribution in [3.63, 3.8) is 0 Å². The standard InChI is InChI=1S/C68H96BrN9O15/c1-47-24-30-58(69)74-65(47)75-66(86)56-40-68(3)41-57(68)78(56)62(84)44-77-55-29-25-49(39-53(55)64(76-77)48(2)79)50-42-71-59(72-43-50)31-27-52(81)45-92-37-36-91-34-32-70-61(83)46-93-38-35-90-33-20-21-51(80)26-28-54(67(87)89-5)73-60(82)22-18-16-14-12-10-8-6-7-9-11-13-15-17-19-23-63(85)88-4/h24-25,29-30,39,42-43,54,56-57H,6-23,26-28,31-38,40-41,44-46H2,1-5H3,(H,70,83)(H,73,82)(H,74,75,86)/t54-,56-,57+,68-/m0/s1. The maximum absolute atomic E-state index is 14.1. The predicted molar refractivity (Wildman–Crippen MR) is 351 cm³/mol. The van der Waals surface area contributed by atoms with E-state index in [1.165, 1.54) is 77.2 Å². The highest BCUT2D eigenvalue weighted by molar-refractivity contribution is 9.10. The van der Waals surface area contributed by atoms with E-state index < -0.39 is 18.1 Å². The molecule has 0 spiro atoms. The predicted octanol–water partition coefficient (Wildman–Crippen LogP) is 9.07. The Kier molecular flexibility index (Phi) is 32.6. The summed E-state index contributed by atoms with van der Waals surface area (Å²) in [6.45, 7) is 6.55. The number of hydrogen-bond acceptors (Lipinski definition) is 19. The van der Waals surface area contributed by atoms with Gasteiger partial charge in [-0.2, -0.15) is 5.10 Å². The van der Waals surface area contributed by atoms with Gasteiger partial charge in [-0.05, 0) is 96.1 Å². The first-order valence-corrected chi connectivity index (χ1v) is 33.8. The molecule has 4 heterocycles. The van der Waals surface area contributed by atoms with Crippen LogP contribution >= 0.6 is 15.9 Å². The number of fused-ring (bicyclic) bond motifs is 2. The monoisotopic (exact) mass is 1360 g/mol. The van der Waals surface area contributed by atoms with Crippen LogP contribution in [0.5, 0.6) is 0 Å². The molecule has 4 aromatic rings. The van der Waals surface area contributed by atoms with Crippen molar-refractivity contribution in [3.8, 4) is 11.1 Å². The minimum atomic E-state index is -0.880. The lowest BCUT2D eigenvalue weighted by atomic mass is 10.0. The molecule has 2 fully saturated rings. The maximum atomic E-state index is 14.1. The third-order valence-electron chi connectivity index (χ3n) is 16.9. The number of pyridine rings is 1. The molecule has 4 amide bonds. The summed E-state index contributed by atoms with van der Waals surface area (Å²) in [5, 5.41) is 13.5. The molecule has 1 aromatic carbocycles. The van der Waals surface area contributed by atoms with Gasteiger partial charge in [0.1, 0.15) is 59.6 Å². The highest BCUT2D eigenvalue weighted by Gasteiger charge is 2.64. The number of unbranched alkanes of at least 4 members (excludes halogenated alkanes) is 13. The quantitative estimate of drug-likeness (QED) is 0.0161. The number of piperidine rings is 1. The van der Waals surface area contributed by atoms with Gasteiger partial charge in [0.05, 0.1) is 52.8 Å². The average Bonchev–Trinajstić information content (AvgIpc) is 1.55. The molecule has 1 saturated carbocycles. The van der Waals surface area contributed by atoms with Gasteiger partial charge in [-0.25, -0.2) is 19.7 Å². The summed E-state index contributed by atoms with van der Waals surface area (Å²) in [5.41, 5.74) is 2.85. The van der Waals surface area contributed by atoms with Gasteiger partial charge < -0.3 is 49.3 Å². The number of aryl methyl sites for hydroxylation is 2. The summed E-state index contributed by atoms with van der Waals surface area (Å²) in [6, 6.07) is 7.48. The van der Waals surface area contributed by atoms with Crippen molar-refractivity contribution < 1.29 is 71.6 Å². The first-order chi connectivity index (χ1) is 44.9. The lowest BCUT2D eigenvalue weighted by Gasteiger charge is -2.27. The Hall–Kier alpha value is -6.93. The SMILES string of the molecule is COC(=O)CCCCCCCCCCCCCCCCC(=O)N[C@@H](CCC(=O)CCCOCCOCC(=O)NCCOCCOCC(=O)CCc1ncc(-c2ccc3c(c2)c(C(C)=O)nn3CC(=O)N2[C@H](C(=O)Nc3nc(Br)ccc3C)C[C@@]3(C)C[C@@H]23)cn1)C(=O)OC. The van der Waals surface area contributed by atoms with E-state index >= 15 is 0 Å². The minimum Gasteiger partial charge on any atom is -0.469 e. The number of ether oxygens (including phenoxy) is 6. The number of nitrogens with one attached hydrogen (secondary N) is 3. The number of benzene rings is 1. The molecule has 1 saturated heterocycles. The Morgan fingerprint density at radius 1 is 0.667 bits per heavy atom. The molecule has 4 atom stereocenters. The van der Waals surface area contributed by atoms with E-state index in [2.05, 4.69) is 63.6 Å². The molecule has 0 bridgehead atoms. The summed E-state index contributed by atoms with van der Waals surface area (Å²) in [4.78, 5) is 129. The molecule has 3 N–H and O–H groups in total. The fourth-order valence-corrected chi connectivity index (χ4v) is 11.7. The fourth-order valence-electron chi connectivity index (χ4n) is 11.4. The van der Waals surface area contributed by atoms with Gasteiger partial charge >= 0.3 is 11.9 Å². The number of hydrogen-bond donors (Lipinski definition) is 3. The van der Waals surface area contributed by atoms with E-state index in [4.69, 9.17) is 23.7 Å². The molecule has 2 aliphatic rings. The van der Waals surface area contributed by atoms with Gasteiger partial charge in [-0.15, -0.1) is 0 Å². The van der Waals surface area contributed by atoms with Crippen LogP contribution in [0.1, 0.15) is 183 Å². The van der Waals surface area contributed by atoms with E-state index in [-0.39, 0.29) is 149 Å². The van der Waals surface area contributed by atoms with E-state index in [0.29, 0.717) is 71.4 Å². The second-order valence-corrected chi connectivity index (χ2v) is 25.2. The Labute approximate surface area is 554 Å². The van der Waals surface area contributed by atoms with E-state index in [1.54, 1.807) is 29.4 Å². The topological polar surface area (TPSA) is 305 Å². The minimum absolute atomic E-state index is 0.0513. The fraction of sp³-hybridized carbons (Fsp3) is 0.632. The molecule has 1 aliphatic heterocycles. The molecule has 510 valence electrons. The van der Waals surface area contributed by atoms with Crippen LogP contribution in [-0.2, 0) is 79.7 Å². The number of anilines is 1. The van der Waals surface area contributed by atoms with Crippen molar-refractivity contribution in [3.05, 3.63) is 64.4 Å². The van der Waals surface area contributed by atoms with Crippen molar-refractivity contribution in [2.24, 2.45) is 5.41 Å². The molecular formula is C68H96BrN9O15. The van der Waals surface area contributed by atoms with Crippen LogP contribution in [0.2, 0.25) is 0 Å². The average molecular weight is 1360 g/mol. The summed E-state index contributed by atoms with van der Waals surface area (Å²) >= 11 is 3.36. The Morgan fingerprint density at radius 3 is 1.96 bits per heavy atom. The number of carbonyl (C=O) groups is 9. The Balaban J connectivity index is 0.737. The lowest BCUT2D eigenvalue weighted by molar-refractivity contribution is -0.145. The molecule has 6 rings (SSSR count). The second kappa shape index (κ2) is 40.3. The van der Waals surface area contributed by atoms with Crippen LogP contribution in [-0.4, -0.2) is 174 Å². The number of aromatic nitrogens is 5. The van der Waals surface area contributed by atoms with Gasteiger partial charge in [0.15, 0.2) is 11.6 Å². The van der Waals surface area contributed by atoms with Crippen molar-refractivity contribution in [1.29, 1.82) is 0 Å². The van der Waals surface area contributed by atoms with Crippen molar-refractivity contribution >= 4 is 85.6 Å². The normalized spacial score (nSPS) is 16.0. The molecule has 1 aliphatic carbocycles. The number of esters is 2. The van der Waals surface area contributed by atoms with E-state index in [1.807, 2.05) is 25.1 Å². The van der Waals surface area contributed by atoms with Crippen molar-refractivity contribution in [1.82, 2.24) is 40.3 Å². The number of nitrogens with zero attached hydrogens (tertiary/aromatic N) is 6.